The molecule has 2 heterocycles. The van der Waals surface area contributed by atoms with Gasteiger partial charge in [-0.2, -0.15) is 4.99 Å². The summed E-state index contributed by atoms with van der Waals surface area (Å²) in [5.74, 6) is 0.485. The fraction of sp³-hybridized carbons (Fsp3) is 0.500. The van der Waals surface area contributed by atoms with E-state index in [0.717, 1.165) is 42.7 Å². The molecule has 0 saturated carbocycles. The number of hydrogen-bond acceptors (Lipinski definition) is 4. The van der Waals surface area contributed by atoms with E-state index in [-0.39, 0.29) is 17.6 Å². The maximum absolute atomic E-state index is 12.2. The van der Waals surface area contributed by atoms with E-state index < -0.39 is 0 Å². The van der Waals surface area contributed by atoms with Crippen molar-refractivity contribution < 1.29 is 9.59 Å². The van der Waals surface area contributed by atoms with Crippen molar-refractivity contribution in [3.05, 3.63) is 28.0 Å². The Bertz CT molecular complexity index is 869. The molecule has 140 valence electrons. The van der Waals surface area contributed by atoms with E-state index in [4.69, 9.17) is 11.6 Å². The summed E-state index contributed by atoms with van der Waals surface area (Å²) in [7, 11) is 0. The second-order valence-corrected chi connectivity index (χ2v) is 8.61. The molecule has 1 aliphatic heterocycles. The molecule has 5 nitrogen and oxygen atoms in total. The van der Waals surface area contributed by atoms with E-state index in [9.17, 15) is 9.59 Å². The van der Waals surface area contributed by atoms with Crippen molar-refractivity contribution in [2.45, 2.75) is 32.7 Å². The maximum atomic E-state index is 12.2. The van der Waals surface area contributed by atoms with Gasteiger partial charge in [-0.1, -0.05) is 22.9 Å². The lowest BCUT2D eigenvalue weighted by atomic mass is 10.1. The van der Waals surface area contributed by atoms with E-state index >= 15 is 0 Å². The Hall–Kier alpha value is -1.31. The second-order valence-electron chi connectivity index (χ2n) is 6.18. The van der Waals surface area contributed by atoms with Gasteiger partial charge in [0.25, 0.3) is 5.91 Å². The molecule has 0 unspecified atom stereocenters. The molecule has 0 bridgehead atoms. The zero-order chi connectivity index (χ0) is 18.5. The molecule has 3 rings (SSSR count). The third-order valence-corrected chi connectivity index (χ3v) is 6.52. The Morgan fingerprint density at radius 2 is 2.00 bits per heavy atom. The average molecular weight is 412 g/mol. The first-order chi connectivity index (χ1) is 12.6. The van der Waals surface area contributed by atoms with Gasteiger partial charge in [-0.3, -0.25) is 9.59 Å². The minimum Gasteiger partial charge on any atom is -0.342 e. The molecule has 26 heavy (non-hydrogen) atoms. The van der Waals surface area contributed by atoms with Gasteiger partial charge in [-0.05, 0) is 44.4 Å². The zero-order valence-electron chi connectivity index (χ0n) is 14.7. The van der Waals surface area contributed by atoms with Crippen LogP contribution in [0.5, 0.6) is 0 Å². The van der Waals surface area contributed by atoms with E-state index in [1.807, 2.05) is 34.6 Å². The van der Waals surface area contributed by atoms with Crippen LogP contribution < -0.4 is 4.80 Å². The molecule has 1 saturated heterocycles. The summed E-state index contributed by atoms with van der Waals surface area (Å²) < 4.78 is 3.02. The highest BCUT2D eigenvalue weighted by Gasteiger charge is 2.16. The number of aryl methyl sites for hydroxylation is 1. The van der Waals surface area contributed by atoms with Gasteiger partial charge in [0.1, 0.15) is 0 Å². The van der Waals surface area contributed by atoms with Gasteiger partial charge in [-0.25, -0.2) is 0 Å². The molecule has 0 aliphatic carbocycles. The highest BCUT2D eigenvalue weighted by molar-refractivity contribution is 8.00. The van der Waals surface area contributed by atoms with Crippen molar-refractivity contribution in [3.63, 3.8) is 0 Å². The Morgan fingerprint density at radius 3 is 2.73 bits per heavy atom. The first kappa shape index (κ1) is 19.5. The third-order valence-electron chi connectivity index (χ3n) is 4.34. The lowest BCUT2D eigenvalue weighted by molar-refractivity contribution is -0.129. The summed E-state index contributed by atoms with van der Waals surface area (Å²) in [5, 5.41) is 0.673. The molecular formula is C18H22ClN3O2S2. The number of carbonyl (C=O) groups is 2. The number of amides is 2. The number of hydrogen-bond donors (Lipinski definition) is 0. The summed E-state index contributed by atoms with van der Waals surface area (Å²) in [6, 6.07) is 5.69. The first-order valence-corrected chi connectivity index (χ1v) is 11.2. The number of rotatable bonds is 5. The van der Waals surface area contributed by atoms with Crippen molar-refractivity contribution in [2.75, 3.05) is 24.6 Å². The highest BCUT2D eigenvalue weighted by Crippen LogP contribution is 2.21. The summed E-state index contributed by atoms with van der Waals surface area (Å²) in [6.07, 6.45) is 3.36. The van der Waals surface area contributed by atoms with Gasteiger partial charge in [0.15, 0.2) is 4.80 Å². The normalized spacial score (nSPS) is 15.6. The summed E-state index contributed by atoms with van der Waals surface area (Å²) >= 11 is 8.86. The molecule has 1 aromatic heterocycles. The zero-order valence-corrected chi connectivity index (χ0v) is 17.1. The maximum Gasteiger partial charge on any atom is 0.258 e. The van der Waals surface area contributed by atoms with Crippen molar-refractivity contribution in [2.24, 2.45) is 4.99 Å². The predicted octanol–water partition coefficient (Wildman–Crippen LogP) is 3.55. The van der Waals surface area contributed by atoms with E-state index in [1.54, 1.807) is 0 Å². The van der Waals surface area contributed by atoms with E-state index in [1.165, 1.54) is 29.5 Å². The van der Waals surface area contributed by atoms with Crippen LogP contribution in [0.4, 0.5) is 0 Å². The van der Waals surface area contributed by atoms with Crippen molar-refractivity contribution in [1.82, 2.24) is 9.47 Å². The Labute approximate surface area is 166 Å². The molecule has 0 atom stereocenters. The quantitative estimate of drug-likeness (QED) is 0.756. The standard InChI is InChI=1S/C18H22ClN3O2S2/c1-2-22-14-7-6-13(19)10-15(14)26-18(22)20-16(23)11-25-12-17(24)21-8-4-3-5-9-21/h6-7,10H,2-5,8-9,11-12H2,1H3. The number of likely N-dealkylation sites (tertiary alicyclic amines) is 1. The Balaban J connectivity index is 1.63. The number of piperidine rings is 1. The molecule has 2 aromatic rings. The van der Waals surface area contributed by atoms with Crippen LogP contribution in [0.25, 0.3) is 10.2 Å². The highest BCUT2D eigenvalue weighted by atomic mass is 35.5. The predicted molar refractivity (Wildman–Crippen MR) is 109 cm³/mol. The molecular weight excluding hydrogens is 390 g/mol. The SMILES string of the molecule is CCn1c(=NC(=O)CSCC(=O)N2CCCCC2)sc2cc(Cl)ccc21. The number of thioether (sulfide) groups is 1. The first-order valence-electron chi connectivity index (χ1n) is 8.80. The lowest BCUT2D eigenvalue weighted by Gasteiger charge is -2.26. The lowest BCUT2D eigenvalue weighted by Crippen LogP contribution is -2.36. The van der Waals surface area contributed by atoms with Gasteiger partial charge in [0, 0.05) is 24.7 Å². The van der Waals surface area contributed by atoms with Gasteiger partial charge >= 0.3 is 0 Å². The number of thiazole rings is 1. The van der Waals surface area contributed by atoms with Crippen molar-refractivity contribution >= 4 is 56.7 Å². The monoisotopic (exact) mass is 411 g/mol. The minimum atomic E-state index is -0.207. The molecule has 8 heteroatoms. The molecule has 1 fully saturated rings. The second kappa shape index (κ2) is 9.06. The van der Waals surface area contributed by atoms with Crippen LogP contribution in [-0.4, -0.2) is 45.9 Å². The van der Waals surface area contributed by atoms with Gasteiger partial charge < -0.3 is 9.47 Å². The van der Waals surface area contributed by atoms with Crippen LogP contribution >= 0.6 is 34.7 Å². The van der Waals surface area contributed by atoms with Crippen LogP contribution in [-0.2, 0) is 16.1 Å². The molecule has 0 N–H and O–H groups in total. The molecule has 1 aromatic carbocycles. The number of fused-ring (bicyclic) bond motifs is 1. The molecule has 0 radical (unpaired) electrons. The summed E-state index contributed by atoms with van der Waals surface area (Å²) in [5.41, 5.74) is 1.03. The van der Waals surface area contributed by atoms with Gasteiger partial charge in [-0.15, -0.1) is 11.8 Å². The average Bonchev–Trinajstić information content (AvgIpc) is 2.98. The number of nitrogens with zero attached hydrogens (tertiary/aromatic N) is 3. The van der Waals surface area contributed by atoms with E-state index in [2.05, 4.69) is 4.99 Å². The molecule has 2 amide bonds. The van der Waals surface area contributed by atoms with Crippen LogP contribution in [0, 0.1) is 0 Å². The summed E-state index contributed by atoms with van der Waals surface area (Å²) in [6.45, 7) is 4.45. The fourth-order valence-corrected chi connectivity index (χ4v) is 5.12. The summed E-state index contributed by atoms with van der Waals surface area (Å²) in [4.78, 5) is 31.2. The smallest absolute Gasteiger partial charge is 0.258 e. The number of carbonyl (C=O) groups excluding carboxylic acids is 2. The Kier molecular flexibility index (Phi) is 6.78. The molecule has 0 spiro atoms. The Morgan fingerprint density at radius 1 is 1.23 bits per heavy atom. The van der Waals surface area contributed by atoms with Crippen molar-refractivity contribution in [3.8, 4) is 0 Å². The largest absolute Gasteiger partial charge is 0.342 e. The third kappa shape index (κ3) is 4.69. The van der Waals surface area contributed by atoms with Crippen LogP contribution in [0.1, 0.15) is 26.2 Å². The topological polar surface area (TPSA) is 54.7 Å². The van der Waals surface area contributed by atoms with Crippen molar-refractivity contribution in [1.29, 1.82) is 0 Å². The number of halogens is 1. The minimum absolute atomic E-state index is 0.127. The number of benzene rings is 1. The molecule has 1 aliphatic rings. The van der Waals surface area contributed by atoms with Crippen LogP contribution in [0.3, 0.4) is 0 Å². The van der Waals surface area contributed by atoms with Gasteiger partial charge in [0.05, 0.1) is 21.7 Å². The van der Waals surface area contributed by atoms with Crippen LogP contribution in [0.2, 0.25) is 5.02 Å². The van der Waals surface area contributed by atoms with E-state index in [0.29, 0.717) is 15.6 Å². The fourth-order valence-electron chi connectivity index (χ4n) is 3.04. The van der Waals surface area contributed by atoms with Crippen LogP contribution in [0.15, 0.2) is 23.2 Å². The number of aromatic nitrogens is 1. The van der Waals surface area contributed by atoms with Gasteiger partial charge in [0.2, 0.25) is 5.91 Å².